The van der Waals surface area contributed by atoms with E-state index in [0.717, 1.165) is 43.9 Å². The molecule has 0 unspecified atom stereocenters. The SMILES string of the molecule is CN(CC1CCOCC1)c1ccc([N+](=O)[O-])cc1CCl. The van der Waals surface area contributed by atoms with Crippen LogP contribution in [0.15, 0.2) is 18.2 Å². The molecule has 6 heteroatoms. The molecule has 110 valence electrons. The number of anilines is 1. The predicted molar refractivity (Wildman–Crippen MR) is 79.5 cm³/mol. The number of benzene rings is 1. The summed E-state index contributed by atoms with van der Waals surface area (Å²) in [6.45, 7) is 2.56. The van der Waals surface area contributed by atoms with E-state index in [0.29, 0.717) is 5.92 Å². The minimum Gasteiger partial charge on any atom is -0.381 e. The maximum Gasteiger partial charge on any atom is 0.269 e. The Hall–Kier alpha value is -1.33. The third-order valence-electron chi connectivity index (χ3n) is 3.70. The summed E-state index contributed by atoms with van der Waals surface area (Å²) in [6, 6.07) is 4.88. The number of alkyl halides is 1. The quantitative estimate of drug-likeness (QED) is 0.476. The fourth-order valence-electron chi connectivity index (χ4n) is 2.58. The molecule has 2 rings (SSSR count). The fraction of sp³-hybridized carbons (Fsp3) is 0.571. The largest absolute Gasteiger partial charge is 0.381 e. The second kappa shape index (κ2) is 6.90. The first-order chi connectivity index (χ1) is 9.61. The fourth-order valence-corrected chi connectivity index (χ4v) is 2.79. The van der Waals surface area contributed by atoms with Gasteiger partial charge in [0.25, 0.3) is 5.69 Å². The van der Waals surface area contributed by atoms with Gasteiger partial charge in [-0.15, -0.1) is 11.6 Å². The Kier molecular flexibility index (Phi) is 5.20. The summed E-state index contributed by atoms with van der Waals surface area (Å²) in [5.41, 5.74) is 1.86. The van der Waals surface area contributed by atoms with E-state index in [1.807, 2.05) is 7.05 Å². The molecule has 5 nitrogen and oxygen atoms in total. The van der Waals surface area contributed by atoms with Crippen molar-refractivity contribution in [2.75, 3.05) is 31.7 Å². The van der Waals surface area contributed by atoms with Crippen molar-refractivity contribution in [1.29, 1.82) is 0 Å². The highest BCUT2D eigenvalue weighted by Gasteiger charge is 2.18. The maximum absolute atomic E-state index is 10.8. The number of nitro groups is 1. The third kappa shape index (κ3) is 3.61. The van der Waals surface area contributed by atoms with Crippen LogP contribution in [0.25, 0.3) is 0 Å². The molecule has 1 saturated heterocycles. The number of rotatable bonds is 5. The van der Waals surface area contributed by atoms with Gasteiger partial charge in [0.2, 0.25) is 0 Å². The average Bonchev–Trinajstić information content (AvgIpc) is 2.47. The Bertz CT molecular complexity index is 475. The van der Waals surface area contributed by atoms with Crippen LogP contribution in [0.3, 0.4) is 0 Å². The molecule has 0 atom stereocenters. The molecule has 0 saturated carbocycles. The zero-order valence-corrected chi connectivity index (χ0v) is 12.3. The second-order valence-electron chi connectivity index (χ2n) is 5.14. The molecular weight excluding hydrogens is 280 g/mol. The molecule has 0 aromatic heterocycles. The van der Waals surface area contributed by atoms with Crippen molar-refractivity contribution in [1.82, 2.24) is 0 Å². The standard InChI is InChI=1S/C14H19ClN2O3/c1-16(10-11-4-6-20-7-5-11)14-3-2-13(17(18)19)8-12(14)9-15/h2-3,8,11H,4-7,9-10H2,1H3. The van der Waals surface area contributed by atoms with Crippen molar-refractivity contribution < 1.29 is 9.66 Å². The molecule has 1 aliphatic rings. The Morgan fingerprint density at radius 1 is 1.45 bits per heavy atom. The summed E-state index contributed by atoms with van der Waals surface area (Å²) >= 11 is 5.93. The molecule has 1 fully saturated rings. The van der Waals surface area contributed by atoms with Gasteiger partial charge in [0.15, 0.2) is 0 Å². The summed E-state index contributed by atoms with van der Waals surface area (Å²) < 4.78 is 5.36. The Morgan fingerprint density at radius 3 is 2.75 bits per heavy atom. The van der Waals surface area contributed by atoms with Gasteiger partial charge in [0.05, 0.1) is 4.92 Å². The van der Waals surface area contributed by atoms with E-state index in [-0.39, 0.29) is 11.6 Å². The molecular formula is C14H19ClN2O3. The van der Waals surface area contributed by atoms with Gasteiger partial charge in [-0.1, -0.05) is 0 Å². The molecule has 1 aromatic rings. The van der Waals surface area contributed by atoms with E-state index in [9.17, 15) is 10.1 Å². The minimum atomic E-state index is -0.391. The van der Waals surface area contributed by atoms with Crippen molar-refractivity contribution in [3.05, 3.63) is 33.9 Å². The molecule has 0 radical (unpaired) electrons. The minimum absolute atomic E-state index is 0.0869. The summed E-state index contributed by atoms with van der Waals surface area (Å²) in [5.74, 6) is 0.877. The molecule has 1 aromatic carbocycles. The summed E-state index contributed by atoms with van der Waals surface area (Å²) in [6.07, 6.45) is 2.13. The lowest BCUT2D eigenvalue weighted by molar-refractivity contribution is -0.384. The number of hydrogen-bond donors (Lipinski definition) is 0. The van der Waals surface area contributed by atoms with Gasteiger partial charge < -0.3 is 9.64 Å². The highest BCUT2D eigenvalue weighted by atomic mass is 35.5. The van der Waals surface area contributed by atoms with E-state index in [1.54, 1.807) is 12.1 Å². The van der Waals surface area contributed by atoms with Gasteiger partial charge in [-0.05, 0) is 30.4 Å². The highest BCUT2D eigenvalue weighted by Crippen LogP contribution is 2.28. The van der Waals surface area contributed by atoms with Crippen molar-refractivity contribution >= 4 is 23.0 Å². The monoisotopic (exact) mass is 298 g/mol. The van der Waals surface area contributed by atoms with Gasteiger partial charge in [-0.2, -0.15) is 0 Å². The summed E-state index contributed by atoms with van der Waals surface area (Å²) in [4.78, 5) is 12.5. The van der Waals surface area contributed by atoms with E-state index in [2.05, 4.69) is 4.90 Å². The first-order valence-corrected chi connectivity index (χ1v) is 7.27. The van der Waals surface area contributed by atoms with Gasteiger partial charge in [0.1, 0.15) is 0 Å². The van der Waals surface area contributed by atoms with Crippen LogP contribution in [-0.2, 0) is 10.6 Å². The maximum atomic E-state index is 10.8. The Balaban J connectivity index is 2.11. The zero-order chi connectivity index (χ0) is 14.5. The number of non-ortho nitro benzene ring substituents is 1. The predicted octanol–water partition coefficient (Wildman–Crippen LogP) is 3.20. The highest BCUT2D eigenvalue weighted by molar-refractivity contribution is 6.17. The van der Waals surface area contributed by atoms with Crippen LogP contribution in [0.5, 0.6) is 0 Å². The van der Waals surface area contributed by atoms with Crippen molar-refractivity contribution in [3.63, 3.8) is 0 Å². The second-order valence-corrected chi connectivity index (χ2v) is 5.41. The van der Waals surface area contributed by atoms with Gasteiger partial charge >= 0.3 is 0 Å². The van der Waals surface area contributed by atoms with Crippen LogP contribution in [0.1, 0.15) is 18.4 Å². The molecule has 1 heterocycles. The van der Waals surface area contributed by atoms with Crippen molar-refractivity contribution in [2.45, 2.75) is 18.7 Å². The first kappa shape index (κ1) is 15.1. The topological polar surface area (TPSA) is 55.6 Å². The van der Waals surface area contributed by atoms with E-state index < -0.39 is 4.92 Å². The lowest BCUT2D eigenvalue weighted by atomic mass is 9.99. The Labute approximate surface area is 123 Å². The number of halogens is 1. The van der Waals surface area contributed by atoms with Crippen LogP contribution in [0, 0.1) is 16.0 Å². The van der Waals surface area contributed by atoms with Crippen LogP contribution >= 0.6 is 11.6 Å². The molecule has 1 aliphatic heterocycles. The zero-order valence-electron chi connectivity index (χ0n) is 11.5. The van der Waals surface area contributed by atoms with Gasteiger partial charge in [0, 0.05) is 50.5 Å². The first-order valence-electron chi connectivity index (χ1n) is 6.74. The van der Waals surface area contributed by atoms with Crippen LogP contribution in [0.2, 0.25) is 0 Å². The molecule has 0 spiro atoms. The van der Waals surface area contributed by atoms with Gasteiger partial charge in [-0.25, -0.2) is 0 Å². The number of nitrogens with zero attached hydrogens (tertiary/aromatic N) is 2. The van der Waals surface area contributed by atoms with Crippen LogP contribution in [-0.4, -0.2) is 31.7 Å². The summed E-state index contributed by atoms with van der Waals surface area (Å²) in [5, 5.41) is 10.8. The average molecular weight is 299 g/mol. The number of hydrogen-bond acceptors (Lipinski definition) is 4. The normalized spacial score (nSPS) is 16.1. The molecule has 0 amide bonds. The van der Waals surface area contributed by atoms with E-state index in [1.165, 1.54) is 6.07 Å². The number of nitro benzene ring substituents is 1. The molecule has 0 N–H and O–H groups in total. The number of ether oxygens (including phenoxy) is 1. The van der Waals surface area contributed by atoms with Crippen LogP contribution in [0.4, 0.5) is 11.4 Å². The molecule has 0 bridgehead atoms. The lowest BCUT2D eigenvalue weighted by Gasteiger charge is -2.29. The van der Waals surface area contributed by atoms with Crippen molar-refractivity contribution in [2.24, 2.45) is 5.92 Å². The smallest absolute Gasteiger partial charge is 0.269 e. The lowest BCUT2D eigenvalue weighted by Crippen LogP contribution is -2.30. The van der Waals surface area contributed by atoms with Crippen molar-refractivity contribution in [3.8, 4) is 0 Å². The van der Waals surface area contributed by atoms with E-state index in [4.69, 9.17) is 16.3 Å². The molecule has 0 aliphatic carbocycles. The third-order valence-corrected chi connectivity index (χ3v) is 3.99. The molecule has 20 heavy (non-hydrogen) atoms. The van der Waals surface area contributed by atoms with Crippen LogP contribution < -0.4 is 4.90 Å². The summed E-state index contributed by atoms with van der Waals surface area (Å²) in [7, 11) is 2.01. The van der Waals surface area contributed by atoms with E-state index >= 15 is 0 Å². The Morgan fingerprint density at radius 2 is 2.15 bits per heavy atom. The van der Waals surface area contributed by atoms with Gasteiger partial charge in [-0.3, -0.25) is 10.1 Å².